The molecule has 0 unspecified atom stereocenters. The molecule has 0 saturated carbocycles. The van der Waals surface area contributed by atoms with E-state index < -0.39 is 0 Å². The number of likely N-dealkylation sites (tertiary alicyclic amines) is 1. The van der Waals surface area contributed by atoms with E-state index in [1.807, 2.05) is 17.9 Å². The van der Waals surface area contributed by atoms with E-state index in [-0.39, 0.29) is 23.5 Å². The maximum atomic E-state index is 13.3. The number of anilines is 1. The zero-order chi connectivity index (χ0) is 20.1. The van der Waals surface area contributed by atoms with Gasteiger partial charge in [-0.3, -0.25) is 9.69 Å². The minimum Gasteiger partial charge on any atom is -0.504 e. The molecular weight excluding hydrogens is 359 g/mol. The van der Waals surface area contributed by atoms with Crippen molar-refractivity contribution in [3.63, 3.8) is 0 Å². The van der Waals surface area contributed by atoms with Crippen LogP contribution in [0.4, 0.5) is 10.1 Å². The summed E-state index contributed by atoms with van der Waals surface area (Å²) in [7, 11) is 1.53. The zero-order valence-corrected chi connectivity index (χ0v) is 16.4. The Hall–Kier alpha value is -2.60. The molecule has 5 nitrogen and oxygen atoms in total. The number of hydrogen-bond acceptors (Lipinski definition) is 4. The summed E-state index contributed by atoms with van der Waals surface area (Å²) in [6.45, 7) is 4.30. The average Bonchev–Trinajstić information content (AvgIpc) is 2.71. The van der Waals surface area contributed by atoms with Crippen LogP contribution in [0.2, 0.25) is 0 Å². The first-order chi connectivity index (χ1) is 13.5. The van der Waals surface area contributed by atoms with Gasteiger partial charge in [0.05, 0.1) is 7.11 Å². The highest BCUT2D eigenvalue weighted by Crippen LogP contribution is 2.29. The van der Waals surface area contributed by atoms with Gasteiger partial charge in [-0.15, -0.1) is 0 Å². The number of rotatable bonds is 6. The molecule has 3 rings (SSSR count). The van der Waals surface area contributed by atoms with Crippen LogP contribution in [0.25, 0.3) is 0 Å². The second-order valence-corrected chi connectivity index (χ2v) is 7.11. The van der Waals surface area contributed by atoms with E-state index in [0.29, 0.717) is 12.2 Å². The van der Waals surface area contributed by atoms with E-state index in [1.54, 1.807) is 24.3 Å². The molecule has 1 aliphatic heterocycles. The monoisotopic (exact) mass is 386 g/mol. The van der Waals surface area contributed by atoms with Crippen LogP contribution in [0.3, 0.4) is 0 Å². The number of amides is 1. The number of benzene rings is 2. The van der Waals surface area contributed by atoms with Crippen molar-refractivity contribution in [1.29, 1.82) is 0 Å². The summed E-state index contributed by atoms with van der Waals surface area (Å²) < 4.78 is 18.4. The molecule has 1 fully saturated rings. The van der Waals surface area contributed by atoms with Crippen molar-refractivity contribution in [2.75, 3.05) is 25.1 Å². The molecule has 1 heterocycles. The normalized spacial score (nSPS) is 15.4. The summed E-state index contributed by atoms with van der Waals surface area (Å²) >= 11 is 0. The highest BCUT2D eigenvalue weighted by Gasteiger charge is 2.28. The third-order valence-corrected chi connectivity index (χ3v) is 5.25. The largest absolute Gasteiger partial charge is 0.504 e. The molecule has 2 aromatic carbocycles. The van der Waals surface area contributed by atoms with E-state index in [1.165, 1.54) is 19.2 Å². The fourth-order valence-corrected chi connectivity index (χ4v) is 3.76. The summed E-state index contributed by atoms with van der Waals surface area (Å²) in [6.07, 6.45) is 2.12. The Labute approximate surface area is 165 Å². The lowest BCUT2D eigenvalue weighted by atomic mass is 10.0. The molecular formula is C22H27FN2O3. The van der Waals surface area contributed by atoms with E-state index in [2.05, 4.69) is 4.90 Å². The van der Waals surface area contributed by atoms with Crippen molar-refractivity contribution in [2.45, 2.75) is 38.8 Å². The minimum absolute atomic E-state index is 0.0603. The van der Waals surface area contributed by atoms with Crippen molar-refractivity contribution in [3.8, 4) is 11.5 Å². The number of aromatic hydroxyl groups is 1. The number of hydrogen-bond donors (Lipinski definition) is 1. The van der Waals surface area contributed by atoms with Gasteiger partial charge >= 0.3 is 0 Å². The molecule has 0 aliphatic carbocycles. The molecule has 0 atom stereocenters. The number of phenolic OH excluding ortho intramolecular Hbond substituents is 1. The lowest BCUT2D eigenvalue weighted by Gasteiger charge is -2.38. The summed E-state index contributed by atoms with van der Waals surface area (Å²) in [6, 6.07) is 11.7. The Morgan fingerprint density at radius 2 is 1.89 bits per heavy atom. The van der Waals surface area contributed by atoms with Crippen LogP contribution < -0.4 is 9.64 Å². The van der Waals surface area contributed by atoms with Crippen LogP contribution in [0, 0.1) is 5.82 Å². The first-order valence-electron chi connectivity index (χ1n) is 9.67. The molecule has 0 radical (unpaired) electrons. The van der Waals surface area contributed by atoms with Gasteiger partial charge in [0.2, 0.25) is 5.91 Å². The van der Waals surface area contributed by atoms with Crippen molar-refractivity contribution in [1.82, 2.24) is 4.90 Å². The molecule has 1 amide bonds. The van der Waals surface area contributed by atoms with Crippen molar-refractivity contribution in [2.24, 2.45) is 0 Å². The van der Waals surface area contributed by atoms with Gasteiger partial charge in [0.25, 0.3) is 0 Å². The van der Waals surface area contributed by atoms with Gasteiger partial charge in [0, 0.05) is 37.8 Å². The molecule has 28 heavy (non-hydrogen) atoms. The Morgan fingerprint density at radius 1 is 1.21 bits per heavy atom. The molecule has 1 saturated heterocycles. The second-order valence-electron chi connectivity index (χ2n) is 7.11. The number of phenols is 1. The molecule has 0 bridgehead atoms. The second kappa shape index (κ2) is 9.06. The molecule has 6 heteroatoms. The van der Waals surface area contributed by atoms with Crippen LogP contribution in [0.15, 0.2) is 42.5 Å². The molecule has 150 valence electrons. The SMILES string of the molecule is CCC(=O)N(c1ccc(F)cc1)C1CCN(Cc2ccc(OC)c(O)c2)CC1. The highest BCUT2D eigenvalue weighted by molar-refractivity contribution is 5.93. The molecule has 0 spiro atoms. The van der Waals surface area contributed by atoms with Crippen LogP contribution in [0.5, 0.6) is 11.5 Å². The standard InChI is InChI=1S/C22H27FN2O3/c1-3-22(27)25(18-7-5-17(23)6-8-18)19-10-12-24(13-11-19)15-16-4-9-21(28-2)20(26)14-16/h4-9,14,19,26H,3,10-13,15H2,1-2H3. The lowest BCUT2D eigenvalue weighted by molar-refractivity contribution is -0.119. The van der Waals surface area contributed by atoms with Crippen LogP contribution in [-0.4, -0.2) is 42.2 Å². The number of methoxy groups -OCH3 is 1. The summed E-state index contributed by atoms with van der Waals surface area (Å²) in [4.78, 5) is 16.7. The van der Waals surface area contributed by atoms with E-state index in [4.69, 9.17) is 4.74 Å². The summed E-state index contributed by atoms with van der Waals surface area (Å²) in [5, 5.41) is 9.96. The van der Waals surface area contributed by atoms with E-state index >= 15 is 0 Å². The minimum atomic E-state index is -0.301. The van der Waals surface area contributed by atoms with E-state index in [0.717, 1.165) is 43.7 Å². The number of carbonyl (C=O) groups is 1. The number of ether oxygens (including phenoxy) is 1. The maximum absolute atomic E-state index is 13.3. The molecule has 1 aliphatic rings. The third kappa shape index (κ3) is 4.62. The zero-order valence-electron chi connectivity index (χ0n) is 16.4. The highest BCUT2D eigenvalue weighted by atomic mass is 19.1. The molecule has 0 aromatic heterocycles. The van der Waals surface area contributed by atoms with Crippen molar-refractivity contribution < 1.29 is 19.0 Å². The predicted octanol–water partition coefficient (Wildman–Crippen LogP) is 3.95. The predicted molar refractivity (Wildman–Crippen MR) is 107 cm³/mol. The molecule has 2 aromatic rings. The van der Waals surface area contributed by atoms with Gasteiger partial charge in [-0.1, -0.05) is 13.0 Å². The average molecular weight is 386 g/mol. The number of piperidine rings is 1. The van der Waals surface area contributed by atoms with Crippen LogP contribution in [-0.2, 0) is 11.3 Å². The number of carbonyl (C=O) groups excluding carboxylic acids is 1. The third-order valence-electron chi connectivity index (χ3n) is 5.25. The fourth-order valence-electron chi connectivity index (χ4n) is 3.76. The smallest absolute Gasteiger partial charge is 0.226 e. The fraction of sp³-hybridized carbons (Fsp3) is 0.409. The summed E-state index contributed by atoms with van der Waals surface area (Å²) in [5.74, 6) is 0.372. The van der Waals surface area contributed by atoms with E-state index in [9.17, 15) is 14.3 Å². The Morgan fingerprint density at radius 3 is 2.46 bits per heavy atom. The Bertz CT molecular complexity index is 802. The van der Waals surface area contributed by atoms with Gasteiger partial charge in [-0.05, 0) is 54.8 Å². The Kier molecular flexibility index (Phi) is 6.52. The van der Waals surface area contributed by atoms with Gasteiger partial charge < -0.3 is 14.7 Å². The lowest BCUT2D eigenvalue weighted by Crippen LogP contribution is -2.47. The Balaban J connectivity index is 1.64. The van der Waals surface area contributed by atoms with Gasteiger partial charge in [0.1, 0.15) is 5.82 Å². The van der Waals surface area contributed by atoms with Gasteiger partial charge in [-0.25, -0.2) is 4.39 Å². The number of halogens is 1. The molecule has 1 N–H and O–H groups in total. The number of nitrogens with zero attached hydrogens (tertiary/aromatic N) is 2. The van der Waals surface area contributed by atoms with Crippen molar-refractivity contribution >= 4 is 11.6 Å². The first kappa shape index (κ1) is 20.1. The van der Waals surface area contributed by atoms with Crippen LogP contribution >= 0.6 is 0 Å². The van der Waals surface area contributed by atoms with Gasteiger partial charge in [0.15, 0.2) is 11.5 Å². The van der Waals surface area contributed by atoms with Gasteiger partial charge in [-0.2, -0.15) is 0 Å². The quantitative estimate of drug-likeness (QED) is 0.817. The first-order valence-corrected chi connectivity index (χ1v) is 9.67. The topological polar surface area (TPSA) is 53.0 Å². The summed E-state index contributed by atoms with van der Waals surface area (Å²) in [5.41, 5.74) is 1.78. The maximum Gasteiger partial charge on any atom is 0.226 e. The van der Waals surface area contributed by atoms with Crippen LogP contribution in [0.1, 0.15) is 31.7 Å². The van der Waals surface area contributed by atoms with Crippen molar-refractivity contribution in [3.05, 3.63) is 53.8 Å².